The van der Waals surface area contributed by atoms with Crippen molar-refractivity contribution in [1.29, 1.82) is 0 Å². The van der Waals surface area contributed by atoms with Gasteiger partial charge in [-0.25, -0.2) is 9.13 Å². The molecule has 1 heterocycles. The van der Waals surface area contributed by atoms with Crippen LogP contribution in [-0.2, 0) is 26.3 Å². The molecule has 1 aromatic heterocycles. The van der Waals surface area contributed by atoms with Crippen molar-refractivity contribution < 1.29 is 35.9 Å². The minimum atomic E-state index is -0.851. The first-order chi connectivity index (χ1) is 17.4. The maximum atomic E-state index is 13.3. The number of unbranched alkanes of at least 4 members (excludes halogenated alkanes) is 2. The summed E-state index contributed by atoms with van der Waals surface area (Å²) in [5.74, 6) is 0.844. The van der Waals surface area contributed by atoms with E-state index in [0.717, 1.165) is 56.2 Å². The molecule has 0 aliphatic heterocycles. The minimum absolute atomic E-state index is 0. The average Bonchev–Trinajstić information content (AvgIpc) is 3.50. The van der Waals surface area contributed by atoms with Crippen molar-refractivity contribution in [2.75, 3.05) is 6.61 Å². The number of ether oxygens (including phenoxy) is 1. The molecule has 198 valence electrons. The van der Waals surface area contributed by atoms with Crippen LogP contribution in [0.1, 0.15) is 68.4 Å². The zero-order valence-electron chi connectivity index (χ0n) is 21.8. The molecule has 2 atom stereocenters. The Morgan fingerprint density at radius 2 is 1.62 bits per heavy atom. The van der Waals surface area contributed by atoms with Gasteiger partial charge in [0.25, 0.3) is 5.82 Å². The van der Waals surface area contributed by atoms with Gasteiger partial charge in [0.05, 0.1) is 13.2 Å². The molecular formula is C30H38BrN3O3. The van der Waals surface area contributed by atoms with Crippen molar-refractivity contribution in [2.45, 2.75) is 70.4 Å². The van der Waals surface area contributed by atoms with Crippen LogP contribution in [0.3, 0.4) is 0 Å². The third-order valence-electron chi connectivity index (χ3n) is 7.80. The number of imidazole rings is 1. The second kappa shape index (κ2) is 13.0. The summed E-state index contributed by atoms with van der Waals surface area (Å²) >= 11 is 0. The smallest absolute Gasteiger partial charge is 0.302 e. The van der Waals surface area contributed by atoms with Crippen molar-refractivity contribution in [1.82, 2.24) is 4.57 Å². The molecule has 0 spiro atoms. The Bertz CT molecular complexity index is 1120. The Morgan fingerprint density at radius 3 is 2.19 bits per heavy atom. The van der Waals surface area contributed by atoms with E-state index >= 15 is 0 Å². The van der Waals surface area contributed by atoms with Crippen LogP contribution < -0.4 is 27.3 Å². The van der Waals surface area contributed by atoms with Gasteiger partial charge in [0.15, 0.2) is 0 Å². The summed E-state index contributed by atoms with van der Waals surface area (Å²) in [4.78, 5) is 24.2. The van der Waals surface area contributed by atoms with E-state index in [9.17, 15) is 9.59 Å². The molecule has 1 aliphatic rings. The van der Waals surface area contributed by atoms with Crippen LogP contribution in [0, 0.1) is 12.8 Å². The normalized spacial score (nSPS) is 17.2. The highest BCUT2D eigenvalue weighted by molar-refractivity contribution is 5.91. The van der Waals surface area contributed by atoms with E-state index in [0.29, 0.717) is 12.6 Å². The predicted octanol–water partition coefficient (Wildman–Crippen LogP) is 1.63. The first-order valence-electron chi connectivity index (χ1n) is 13.1. The second-order valence-corrected chi connectivity index (χ2v) is 9.91. The fourth-order valence-corrected chi connectivity index (χ4v) is 6.05. The molecule has 0 unspecified atom stereocenters. The molecule has 2 aromatic carbocycles. The standard InChI is InChI=1S/C30H37N3O3.BrH/c1-23-32(18-10-5-11-21-36-24(2)34)19-20-33(23)28-17-16-27(22-28)30(29(31)35,25-12-6-3-7-13-25)26-14-8-4-9-15-26;/h3-4,6-9,12-15,19-20,27-28H,5,10-11,16-18,21-22H2,1-2H3,(H-,31,35);1H/t27-,28+;/m1./s1. The number of esters is 1. The zero-order chi connectivity index (χ0) is 25.5. The Balaban J connectivity index is 0.00000380. The maximum Gasteiger partial charge on any atom is 0.302 e. The van der Waals surface area contributed by atoms with E-state index in [1.807, 2.05) is 60.7 Å². The van der Waals surface area contributed by atoms with E-state index in [1.165, 1.54) is 12.7 Å². The Hall–Kier alpha value is -2.93. The lowest BCUT2D eigenvalue weighted by molar-refractivity contribution is -0.703. The largest absolute Gasteiger partial charge is 1.00 e. The summed E-state index contributed by atoms with van der Waals surface area (Å²) < 4.78 is 9.70. The Kier molecular flexibility index (Phi) is 10.1. The molecule has 7 heteroatoms. The SMILES string of the molecule is CC(=O)OCCCCC[n+]1ccn([C@H]2CC[C@@H](C(C(N)=O)(c3ccccc3)c3ccccc3)C2)c1C.[Br-]. The molecule has 0 radical (unpaired) electrons. The van der Waals surface area contributed by atoms with Gasteiger partial charge in [0.2, 0.25) is 5.91 Å². The number of carbonyl (C=O) groups is 2. The van der Waals surface area contributed by atoms with E-state index in [1.54, 1.807) is 0 Å². The number of nitrogens with two attached hydrogens (primary N) is 1. The summed E-state index contributed by atoms with van der Waals surface area (Å²) in [6.45, 7) is 5.05. The van der Waals surface area contributed by atoms with E-state index in [-0.39, 0.29) is 34.8 Å². The van der Waals surface area contributed by atoms with Gasteiger partial charge in [0.1, 0.15) is 23.9 Å². The van der Waals surface area contributed by atoms with Gasteiger partial charge in [-0.3, -0.25) is 9.59 Å². The molecule has 2 N–H and O–H groups in total. The van der Waals surface area contributed by atoms with Crippen LogP contribution in [0.2, 0.25) is 0 Å². The lowest BCUT2D eigenvalue weighted by Gasteiger charge is -2.37. The summed E-state index contributed by atoms with van der Waals surface area (Å²) in [6, 6.07) is 20.4. The quantitative estimate of drug-likeness (QED) is 0.217. The number of primary amides is 1. The molecule has 37 heavy (non-hydrogen) atoms. The number of rotatable bonds is 11. The molecule has 0 saturated heterocycles. The second-order valence-electron chi connectivity index (χ2n) is 9.91. The first-order valence-corrected chi connectivity index (χ1v) is 13.1. The topological polar surface area (TPSA) is 78.2 Å². The number of hydrogen-bond donors (Lipinski definition) is 1. The van der Waals surface area contributed by atoms with Crippen LogP contribution in [0.15, 0.2) is 73.1 Å². The van der Waals surface area contributed by atoms with Crippen LogP contribution in [0.25, 0.3) is 0 Å². The third-order valence-corrected chi connectivity index (χ3v) is 7.80. The van der Waals surface area contributed by atoms with Crippen molar-refractivity contribution in [2.24, 2.45) is 11.7 Å². The molecule has 1 fully saturated rings. The molecule has 0 bridgehead atoms. The number of carbonyl (C=O) groups excluding carboxylic acids is 2. The lowest BCUT2D eigenvalue weighted by atomic mass is 9.64. The van der Waals surface area contributed by atoms with Gasteiger partial charge in [-0.05, 0) is 55.6 Å². The van der Waals surface area contributed by atoms with Gasteiger partial charge in [0, 0.05) is 13.8 Å². The molecule has 3 aromatic rings. The number of aryl methyl sites for hydroxylation is 1. The summed E-state index contributed by atoms with van der Waals surface area (Å²) in [5.41, 5.74) is 7.36. The van der Waals surface area contributed by atoms with Crippen molar-refractivity contribution >= 4 is 11.9 Å². The Morgan fingerprint density at radius 1 is 1.00 bits per heavy atom. The first kappa shape index (κ1) is 28.6. The van der Waals surface area contributed by atoms with Gasteiger partial charge >= 0.3 is 5.97 Å². The molecule has 6 nitrogen and oxygen atoms in total. The van der Waals surface area contributed by atoms with E-state index in [2.05, 4.69) is 28.5 Å². The zero-order valence-corrected chi connectivity index (χ0v) is 23.4. The fourth-order valence-electron chi connectivity index (χ4n) is 6.05. The monoisotopic (exact) mass is 567 g/mol. The number of amides is 1. The number of halogens is 1. The average molecular weight is 569 g/mol. The highest BCUT2D eigenvalue weighted by Crippen LogP contribution is 2.49. The van der Waals surface area contributed by atoms with Gasteiger partial charge < -0.3 is 27.5 Å². The van der Waals surface area contributed by atoms with Crippen LogP contribution in [0.5, 0.6) is 0 Å². The van der Waals surface area contributed by atoms with Crippen molar-refractivity contribution in [3.05, 3.63) is 90.0 Å². The molecular weight excluding hydrogens is 530 g/mol. The molecule has 1 amide bonds. The Labute approximate surface area is 230 Å². The number of benzene rings is 2. The van der Waals surface area contributed by atoms with Crippen molar-refractivity contribution in [3.8, 4) is 0 Å². The van der Waals surface area contributed by atoms with Gasteiger partial charge in [-0.1, -0.05) is 60.7 Å². The fraction of sp³-hybridized carbons (Fsp3) is 0.433. The van der Waals surface area contributed by atoms with Gasteiger partial charge in [-0.15, -0.1) is 0 Å². The third kappa shape index (κ3) is 6.15. The number of aromatic nitrogens is 2. The lowest BCUT2D eigenvalue weighted by Crippen LogP contribution is -3.00. The highest BCUT2D eigenvalue weighted by atomic mass is 79.9. The molecule has 4 rings (SSSR count). The van der Waals surface area contributed by atoms with Crippen LogP contribution >= 0.6 is 0 Å². The highest BCUT2D eigenvalue weighted by Gasteiger charge is 2.51. The summed E-state index contributed by atoms with van der Waals surface area (Å²) in [5, 5.41) is 0. The van der Waals surface area contributed by atoms with Crippen molar-refractivity contribution in [3.63, 3.8) is 0 Å². The van der Waals surface area contributed by atoms with Crippen LogP contribution in [-0.4, -0.2) is 23.1 Å². The number of hydrogen-bond acceptors (Lipinski definition) is 3. The summed E-state index contributed by atoms with van der Waals surface area (Å²) in [7, 11) is 0. The maximum absolute atomic E-state index is 13.3. The minimum Gasteiger partial charge on any atom is -1.00 e. The predicted molar refractivity (Wildman–Crippen MR) is 139 cm³/mol. The summed E-state index contributed by atoms with van der Waals surface area (Å²) in [6.07, 6.45) is 10.1. The molecule has 1 aliphatic carbocycles. The number of nitrogens with zero attached hydrogens (tertiary/aromatic N) is 2. The van der Waals surface area contributed by atoms with Crippen LogP contribution in [0.4, 0.5) is 0 Å². The van der Waals surface area contributed by atoms with E-state index < -0.39 is 5.41 Å². The van der Waals surface area contributed by atoms with E-state index in [4.69, 9.17) is 10.5 Å². The molecule has 1 saturated carbocycles. The van der Waals surface area contributed by atoms with Gasteiger partial charge in [-0.2, -0.15) is 0 Å².